The number of aryl methyl sites for hydroxylation is 2. The minimum Gasteiger partial charge on any atom is -0.508 e. The van der Waals surface area contributed by atoms with E-state index in [0.717, 1.165) is 4.57 Å². The van der Waals surface area contributed by atoms with Crippen LogP contribution in [-0.2, 0) is 21.1 Å². The molecule has 0 bridgehead atoms. The molecule has 3 aromatic heterocycles. The van der Waals surface area contributed by atoms with Crippen molar-refractivity contribution in [2.45, 2.75) is 0 Å². The van der Waals surface area contributed by atoms with Gasteiger partial charge < -0.3 is 15.0 Å². The average molecular weight is 368 g/mol. The molecule has 3 heterocycles. The summed E-state index contributed by atoms with van der Waals surface area (Å²) in [6, 6.07) is 6.07. The van der Waals surface area contributed by atoms with Crippen LogP contribution in [-0.4, -0.2) is 34.9 Å². The first-order valence-corrected chi connectivity index (χ1v) is 8.03. The fourth-order valence-electron chi connectivity index (χ4n) is 3.23. The molecule has 0 radical (unpaired) electrons. The van der Waals surface area contributed by atoms with E-state index in [1.54, 1.807) is 20.2 Å². The molecule has 0 fully saturated rings. The highest BCUT2D eigenvalue weighted by Gasteiger charge is 2.20. The molecule has 0 atom stereocenters. The first-order valence-electron chi connectivity index (χ1n) is 8.03. The molecule has 0 aliphatic rings. The molecule has 1 amide bonds. The number of carbonyl (C=O) groups excluding carboxylic acids is 1. The van der Waals surface area contributed by atoms with Crippen LogP contribution in [0.5, 0.6) is 5.75 Å². The number of hydrogen-bond acceptors (Lipinski definition) is 5. The van der Waals surface area contributed by atoms with Gasteiger partial charge in [-0.05, 0) is 18.2 Å². The fraction of sp³-hybridized carbons (Fsp3) is 0.176. The smallest absolute Gasteiger partial charge is 0.332 e. The number of phenolic OH excluding ortho intramolecular Hbond substituents is 1. The van der Waals surface area contributed by atoms with E-state index in [2.05, 4.69) is 15.5 Å². The molecule has 0 aliphatic heterocycles. The van der Waals surface area contributed by atoms with Crippen molar-refractivity contribution in [1.29, 1.82) is 0 Å². The standard InChI is InChI=1S/C17H16N6O4/c1-21-12(7-10-15(21)22(2)17(27)23(3)16(10)26)14(25)18-13-9-5-4-8(24)6-11(9)19-20-13/h4-7,24H,1-3H3,(H2,18,19,20,25). The van der Waals surface area contributed by atoms with Crippen LogP contribution in [0.3, 0.4) is 0 Å². The Morgan fingerprint density at radius 3 is 2.56 bits per heavy atom. The number of fused-ring (bicyclic) bond motifs is 2. The number of carbonyl (C=O) groups is 1. The van der Waals surface area contributed by atoms with Gasteiger partial charge in [0.2, 0.25) is 0 Å². The van der Waals surface area contributed by atoms with Crippen LogP contribution in [0.2, 0.25) is 0 Å². The lowest BCUT2D eigenvalue weighted by atomic mass is 10.2. The van der Waals surface area contributed by atoms with E-state index in [-0.39, 0.29) is 16.8 Å². The second-order valence-electron chi connectivity index (χ2n) is 6.29. The zero-order valence-corrected chi connectivity index (χ0v) is 14.8. The van der Waals surface area contributed by atoms with Crippen LogP contribution in [0.25, 0.3) is 21.9 Å². The third-order valence-electron chi connectivity index (χ3n) is 4.64. The predicted octanol–water partition coefficient (Wildman–Crippen LogP) is 0.410. The summed E-state index contributed by atoms with van der Waals surface area (Å²) in [6.07, 6.45) is 0. The number of nitrogens with one attached hydrogen (secondary N) is 2. The van der Waals surface area contributed by atoms with E-state index in [4.69, 9.17) is 0 Å². The Labute approximate surface area is 151 Å². The van der Waals surface area contributed by atoms with Gasteiger partial charge in [-0.2, -0.15) is 5.10 Å². The zero-order valence-electron chi connectivity index (χ0n) is 14.8. The van der Waals surface area contributed by atoms with Gasteiger partial charge in [0.25, 0.3) is 11.5 Å². The van der Waals surface area contributed by atoms with E-state index in [1.807, 2.05) is 0 Å². The van der Waals surface area contributed by atoms with E-state index in [1.165, 1.54) is 34.4 Å². The number of nitrogens with zero attached hydrogens (tertiary/aromatic N) is 4. The summed E-state index contributed by atoms with van der Waals surface area (Å²) in [4.78, 5) is 37.3. The maximum absolute atomic E-state index is 12.8. The highest BCUT2D eigenvalue weighted by Crippen LogP contribution is 2.24. The van der Waals surface area contributed by atoms with Gasteiger partial charge >= 0.3 is 5.69 Å². The van der Waals surface area contributed by atoms with Crippen molar-refractivity contribution < 1.29 is 9.90 Å². The molecule has 0 saturated carbocycles. The lowest BCUT2D eigenvalue weighted by molar-refractivity contribution is 0.101. The Morgan fingerprint density at radius 1 is 1.07 bits per heavy atom. The minimum absolute atomic E-state index is 0.0782. The summed E-state index contributed by atoms with van der Waals surface area (Å²) in [5.41, 5.74) is 0.184. The normalized spacial score (nSPS) is 11.4. The number of benzene rings is 1. The van der Waals surface area contributed by atoms with Crippen molar-refractivity contribution in [3.63, 3.8) is 0 Å². The Hall–Kier alpha value is -3.82. The molecule has 3 N–H and O–H groups in total. The average Bonchev–Trinajstić information content (AvgIpc) is 3.19. The van der Waals surface area contributed by atoms with Crippen molar-refractivity contribution in [3.05, 3.63) is 50.8 Å². The summed E-state index contributed by atoms with van der Waals surface area (Å²) < 4.78 is 3.81. The number of amides is 1. The number of hydrogen-bond donors (Lipinski definition) is 3. The van der Waals surface area contributed by atoms with Crippen LogP contribution in [0, 0.1) is 0 Å². The number of aromatic amines is 1. The summed E-state index contributed by atoms with van der Waals surface area (Å²) in [6.45, 7) is 0. The number of phenols is 1. The van der Waals surface area contributed by atoms with E-state index in [9.17, 15) is 19.5 Å². The second kappa shape index (κ2) is 5.59. The van der Waals surface area contributed by atoms with Gasteiger partial charge in [-0.15, -0.1) is 0 Å². The third kappa shape index (κ3) is 2.34. The number of anilines is 1. The van der Waals surface area contributed by atoms with Gasteiger partial charge in [0.05, 0.1) is 10.9 Å². The van der Waals surface area contributed by atoms with Crippen molar-refractivity contribution in [2.75, 3.05) is 5.32 Å². The topological polar surface area (TPSA) is 127 Å². The summed E-state index contributed by atoms with van der Waals surface area (Å²) in [5.74, 6) is -0.110. The van der Waals surface area contributed by atoms with Gasteiger partial charge in [-0.3, -0.25) is 23.8 Å². The van der Waals surface area contributed by atoms with Crippen LogP contribution in [0.15, 0.2) is 33.9 Å². The van der Waals surface area contributed by atoms with Gasteiger partial charge in [-0.25, -0.2) is 4.79 Å². The lowest BCUT2D eigenvalue weighted by Gasteiger charge is -2.08. The van der Waals surface area contributed by atoms with Crippen molar-refractivity contribution in [1.82, 2.24) is 23.9 Å². The molecular weight excluding hydrogens is 352 g/mol. The van der Waals surface area contributed by atoms with E-state index >= 15 is 0 Å². The van der Waals surface area contributed by atoms with Gasteiger partial charge in [-0.1, -0.05) is 0 Å². The maximum Gasteiger partial charge on any atom is 0.332 e. The highest BCUT2D eigenvalue weighted by atomic mass is 16.3. The summed E-state index contributed by atoms with van der Waals surface area (Å²) in [5, 5.41) is 19.9. The van der Waals surface area contributed by atoms with E-state index in [0.29, 0.717) is 22.4 Å². The van der Waals surface area contributed by atoms with Gasteiger partial charge in [0, 0.05) is 32.6 Å². The third-order valence-corrected chi connectivity index (χ3v) is 4.64. The quantitative estimate of drug-likeness (QED) is 0.472. The number of H-pyrrole nitrogens is 1. The largest absolute Gasteiger partial charge is 0.508 e. The predicted molar refractivity (Wildman–Crippen MR) is 99.1 cm³/mol. The molecule has 27 heavy (non-hydrogen) atoms. The van der Waals surface area contributed by atoms with Crippen molar-refractivity contribution in [2.24, 2.45) is 21.1 Å². The highest BCUT2D eigenvalue weighted by molar-refractivity contribution is 6.09. The molecule has 0 spiro atoms. The zero-order chi connectivity index (χ0) is 19.5. The molecule has 10 heteroatoms. The Morgan fingerprint density at radius 2 is 1.81 bits per heavy atom. The Bertz CT molecular complexity index is 1350. The second-order valence-corrected chi connectivity index (χ2v) is 6.29. The van der Waals surface area contributed by atoms with Crippen molar-refractivity contribution >= 4 is 33.7 Å². The SMILES string of the molecule is Cn1c(=O)c2cc(C(=O)Nc3n[nH]c4cc(O)ccc34)n(C)c2n(C)c1=O. The summed E-state index contributed by atoms with van der Waals surface area (Å²) in [7, 11) is 4.54. The molecule has 4 aromatic rings. The molecule has 1 aromatic carbocycles. The molecule has 10 nitrogen and oxygen atoms in total. The first-order chi connectivity index (χ1) is 12.8. The van der Waals surface area contributed by atoms with Crippen LogP contribution >= 0.6 is 0 Å². The van der Waals surface area contributed by atoms with Crippen LogP contribution in [0.4, 0.5) is 5.82 Å². The molecule has 0 unspecified atom stereocenters. The monoisotopic (exact) mass is 368 g/mol. The van der Waals surface area contributed by atoms with Crippen LogP contribution in [0.1, 0.15) is 10.5 Å². The molecule has 138 valence electrons. The number of aromatic hydroxyl groups is 1. The molecular formula is C17H16N6O4. The minimum atomic E-state index is -0.482. The van der Waals surface area contributed by atoms with Crippen LogP contribution < -0.4 is 16.6 Å². The molecule has 0 aliphatic carbocycles. The van der Waals surface area contributed by atoms with Crippen molar-refractivity contribution in [3.8, 4) is 5.75 Å². The lowest BCUT2D eigenvalue weighted by Crippen LogP contribution is -2.37. The number of rotatable bonds is 2. The molecule has 0 saturated heterocycles. The Balaban J connectivity index is 1.82. The van der Waals surface area contributed by atoms with Gasteiger partial charge in [0.1, 0.15) is 17.1 Å². The summed E-state index contributed by atoms with van der Waals surface area (Å²) >= 11 is 0. The molecule has 4 rings (SSSR count). The first kappa shape index (κ1) is 16.6. The maximum atomic E-state index is 12.8. The fourth-order valence-corrected chi connectivity index (χ4v) is 3.23. The van der Waals surface area contributed by atoms with E-state index < -0.39 is 17.2 Å². The van der Waals surface area contributed by atoms with Gasteiger partial charge in [0.15, 0.2) is 5.82 Å². The number of aromatic nitrogens is 5. The Kier molecular flexibility index (Phi) is 3.45.